The summed E-state index contributed by atoms with van der Waals surface area (Å²) in [7, 11) is 0. The molecule has 0 saturated carbocycles. The minimum Gasteiger partial charge on any atom is -0.488 e. The molecule has 0 aliphatic heterocycles. The lowest BCUT2D eigenvalue weighted by atomic mass is 10.0. The van der Waals surface area contributed by atoms with Gasteiger partial charge in [0.25, 0.3) is 0 Å². The van der Waals surface area contributed by atoms with Crippen LogP contribution in [0.4, 0.5) is 4.39 Å². The third-order valence-corrected chi connectivity index (χ3v) is 2.20. The van der Waals surface area contributed by atoms with Crippen LogP contribution < -0.4 is 4.74 Å². The zero-order valence-electron chi connectivity index (χ0n) is 12.2. The summed E-state index contributed by atoms with van der Waals surface area (Å²) in [6, 6.07) is 4.92. The molecule has 18 heavy (non-hydrogen) atoms. The summed E-state index contributed by atoms with van der Waals surface area (Å²) in [6.45, 7) is 11.3. The quantitative estimate of drug-likeness (QED) is 0.878. The van der Waals surface area contributed by atoms with Gasteiger partial charge in [-0.1, -0.05) is 33.8 Å². The fourth-order valence-electron chi connectivity index (χ4n) is 1.25. The highest BCUT2D eigenvalue weighted by molar-refractivity contribution is 5.30. The summed E-state index contributed by atoms with van der Waals surface area (Å²) < 4.78 is 18.8. The van der Waals surface area contributed by atoms with Gasteiger partial charge in [-0.25, -0.2) is 4.39 Å². The van der Waals surface area contributed by atoms with Crippen LogP contribution in [0.15, 0.2) is 18.2 Å². The average molecular weight is 256 g/mol. The minimum atomic E-state index is -0.955. The second-order valence-electron chi connectivity index (χ2n) is 4.95. The first-order valence-corrected chi connectivity index (χ1v) is 6.44. The van der Waals surface area contributed by atoms with Crippen LogP contribution in [-0.4, -0.2) is 17.3 Å². The van der Waals surface area contributed by atoms with E-state index in [9.17, 15) is 9.50 Å². The van der Waals surface area contributed by atoms with Crippen LogP contribution >= 0.6 is 0 Å². The number of hydrogen-bond donors (Lipinski definition) is 1. The first kappa shape index (κ1) is 16.9. The predicted molar refractivity (Wildman–Crippen MR) is 73.6 cm³/mol. The van der Waals surface area contributed by atoms with Crippen molar-refractivity contribution in [1.82, 2.24) is 0 Å². The molecule has 0 fully saturated rings. The Labute approximate surface area is 110 Å². The fourth-order valence-corrected chi connectivity index (χ4v) is 1.25. The Morgan fingerprint density at radius 1 is 1.28 bits per heavy atom. The summed E-state index contributed by atoms with van der Waals surface area (Å²) in [5, 5.41) is 9.47. The number of aliphatic hydroxyl groups is 1. The number of rotatable bonds is 4. The van der Waals surface area contributed by atoms with Gasteiger partial charge >= 0.3 is 0 Å². The van der Waals surface area contributed by atoms with E-state index in [0.717, 1.165) is 5.56 Å². The maximum Gasteiger partial charge on any atom is 0.165 e. The normalized spacial score (nSPS) is 10.9. The van der Waals surface area contributed by atoms with Gasteiger partial charge in [0.1, 0.15) is 6.61 Å². The van der Waals surface area contributed by atoms with Crippen LogP contribution in [0.2, 0.25) is 0 Å². The Kier molecular flexibility index (Phi) is 6.92. The highest BCUT2D eigenvalue weighted by Gasteiger charge is 2.15. The Bertz CT molecular complexity index is 354. The lowest BCUT2D eigenvalue weighted by Gasteiger charge is -2.18. The van der Waals surface area contributed by atoms with Crippen LogP contribution in [0.1, 0.15) is 53.0 Å². The van der Waals surface area contributed by atoms with E-state index in [0.29, 0.717) is 0 Å². The molecule has 0 saturated heterocycles. The first-order valence-electron chi connectivity index (χ1n) is 6.44. The molecule has 0 radical (unpaired) electrons. The van der Waals surface area contributed by atoms with E-state index in [1.807, 2.05) is 33.8 Å². The molecule has 1 rings (SSSR count). The van der Waals surface area contributed by atoms with Gasteiger partial charge in [-0.05, 0) is 37.5 Å². The van der Waals surface area contributed by atoms with Crippen molar-refractivity contribution in [3.05, 3.63) is 29.6 Å². The van der Waals surface area contributed by atoms with E-state index in [2.05, 4.69) is 0 Å². The van der Waals surface area contributed by atoms with Crippen LogP contribution in [0, 0.1) is 5.82 Å². The van der Waals surface area contributed by atoms with Gasteiger partial charge in [0, 0.05) is 0 Å². The van der Waals surface area contributed by atoms with Crippen LogP contribution in [0.25, 0.3) is 0 Å². The number of benzene rings is 1. The second-order valence-corrected chi connectivity index (χ2v) is 4.95. The molecule has 0 atom stereocenters. The van der Waals surface area contributed by atoms with E-state index in [1.54, 1.807) is 19.9 Å². The average Bonchev–Trinajstić information content (AvgIpc) is 2.28. The van der Waals surface area contributed by atoms with Gasteiger partial charge in [-0.2, -0.15) is 0 Å². The molecule has 104 valence electrons. The molecule has 1 N–H and O–H groups in total. The molecule has 1 aromatic carbocycles. The largest absolute Gasteiger partial charge is 0.488 e. The first-order chi connectivity index (χ1) is 8.29. The van der Waals surface area contributed by atoms with Crippen molar-refractivity contribution in [2.75, 3.05) is 6.61 Å². The van der Waals surface area contributed by atoms with E-state index >= 15 is 0 Å². The Morgan fingerprint density at radius 2 is 1.83 bits per heavy atom. The molecule has 0 spiro atoms. The molecule has 0 aliphatic carbocycles. The zero-order valence-corrected chi connectivity index (χ0v) is 12.2. The van der Waals surface area contributed by atoms with Crippen molar-refractivity contribution in [2.45, 2.75) is 53.1 Å². The molecule has 0 bridgehead atoms. The highest BCUT2D eigenvalue weighted by atomic mass is 19.1. The third-order valence-electron chi connectivity index (χ3n) is 2.20. The topological polar surface area (TPSA) is 29.5 Å². The molecule has 1 aromatic rings. The smallest absolute Gasteiger partial charge is 0.165 e. The van der Waals surface area contributed by atoms with E-state index in [1.165, 1.54) is 6.07 Å². The third kappa shape index (κ3) is 6.01. The summed E-state index contributed by atoms with van der Waals surface area (Å²) in [5.41, 5.74) is -0.0171. The lowest BCUT2D eigenvalue weighted by Crippen LogP contribution is -2.28. The van der Waals surface area contributed by atoms with E-state index in [4.69, 9.17) is 4.74 Å². The predicted octanol–water partition coefficient (Wildman–Crippen LogP) is 4.13. The maximum absolute atomic E-state index is 13.6. The molecule has 3 heteroatoms. The summed E-state index contributed by atoms with van der Waals surface area (Å²) >= 11 is 0. The van der Waals surface area contributed by atoms with E-state index < -0.39 is 5.60 Å². The monoisotopic (exact) mass is 256 g/mol. The molecule has 0 amide bonds. The standard InChI is InChI=1S/C13H19FO2.C2H6/c1-9(2)10-5-6-12(11(14)7-10)16-8-13(3,4)15;1-2/h5-7,9,15H,8H2,1-4H3;1-2H3. The van der Waals surface area contributed by atoms with Crippen molar-refractivity contribution >= 4 is 0 Å². The fraction of sp³-hybridized carbons (Fsp3) is 0.600. The summed E-state index contributed by atoms with van der Waals surface area (Å²) in [4.78, 5) is 0. The molecule has 2 nitrogen and oxygen atoms in total. The Balaban J connectivity index is 0.00000137. The molecule has 0 aliphatic rings. The Morgan fingerprint density at radius 3 is 2.22 bits per heavy atom. The molecule has 0 aromatic heterocycles. The molecule has 0 heterocycles. The Hall–Kier alpha value is -1.09. The highest BCUT2D eigenvalue weighted by Crippen LogP contribution is 2.23. The molecular formula is C15H25FO2. The van der Waals surface area contributed by atoms with Crippen LogP contribution in [-0.2, 0) is 0 Å². The van der Waals surface area contributed by atoms with Crippen molar-refractivity contribution < 1.29 is 14.2 Å². The van der Waals surface area contributed by atoms with Gasteiger partial charge in [-0.15, -0.1) is 0 Å². The molecule has 0 unspecified atom stereocenters. The number of ether oxygens (including phenoxy) is 1. The SMILES string of the molecule is CC.CC(C)c1ccc(OCC(C)(C)O)c(F)c1. The summed E-state index contributed by atoms with van der Waals surface area (Å²) in [6.07, 6.45) is 0. The zero-order chi connectivity index (χ0) is 14.3. The number of halogens is 1. The maximum atomic E-state index is 13.6. The van der Waals surface area contributed by atoms with Gasteiger partial charge in [0.15, 0.2) is 11.6 Å². The minimum absolute atomic E-state index is 0.0744. The lowest BCUT2D eigenvalue weighted by molar-refractivity contribution is 0.0271. The van der Waals surface area contributed by atoms with Gasteiger partial charge in [0.2, 0.25) is 0 Å². The molecular weight excluding hydrogens is 231 g/mol. The second kappa shape index (κ2) is 7.37. The van der Waals surface area contributed by atoms with Gasteiger partial charge in [-0.3, -0.25) is 0 Å². The van der Waals surface area contributed by atoms with Crippen molar-refractivity contribution in [1.29, 1.82) is 0 Å². The number of hydrogen-bond acceptors (Lipinski definition) is 2. The van der Waals surface area contributed by atoms with Crippen molar-refractivity contribution in [3.8, 4) is 5.75 Å². The van der Waals surface area contributed by atoms with Crippen molar-refractivity contribution in [2.24, 2.45) is 0 Å². The van der Waals surface area contributed by atoms with E-state index in [-0.39, 0.29) is 24.1 Å². The van der Waals surface area contributed by atoms with Crippen molar-refractivity contribution in [3.63, 3.8) is 0 Å². The van der Waals surface area contributed by atoms with Crippen LogP contribution in [0.5, 0.6) is 5.75 Å². The summed E-state index contributed by atoms with van der Waals surface area (Å²) in [5.74, 6) is 0.0970. The van der Waals surface area contributed by atoms with Gasteiger partial charge < -0.3 is 9.84 Å². The van der Waals surface area contributed by atoms with Crippen LogP contribution in [0.3, 0.4) is 0 Å². The van der Waals surface area contributed by atoms with Gasteiger partial charge in [0.05, 0.1) is 5.60 Å².